The van der Waals surface area contributed by atoms with E-state index in [9.17, 15) is 14.7 Å². The number of carbonyl (C=O) groups excluding carboxylic acids is 1. The minimum absolute atomic E-state index is 0.0165. The topological polar surface area (TPSA) is 74.6 Å². The lowest BCUT2D eigenvalue weighted by molar-refractivity contribution is -0.137. The lowest BCUT2D eigenvalue weighted by atomic mass is 9.80. The smallest absolute Gasteiger partial charge is 0.303 e. The number of unbranched alkanes of at least 4 members (excludes halogenated alkanes) is 2. The van der Waals surface area contributed by atoms with Crippen LogP contribution in [-0.2, 0) is 9.59 Å². The number of rotatable bonds is 12. The third-order valence-corrected chi connectivity index (χ3v) is 5.12. The first-order valence-electron chi connectivity index (χ1n) is 9.73. The monoisotopic (exact) mass is 362 g/mol. The Morgan fingerprint density at radius 3 is 2.69 bits per heavy atom. The number of hydrogen-bond acceptors (Lipinski definition) is 3. The number of ketones is 1. The normalized spacial score (nSPS) is 21.9. The van der Waals surface area contributed by atoms with Gasteiger partial charge in [0.05, 0.1) is 6.10 Å². The summed E-state index contributed by atoms with van der Waals surface area (Å²) in [5, 5.41) is 19.1. The molecule has 0 spiro atoms. The number of aliphatic carboxylic acids is 1. The van der Waals surface area contributed by atoms with Gasteiger partial charge in [-0.3, -0.25) is 9.59 Å². The molecule has 0 fully saturated rings. The van der Waals surface area contributed by atoms with Gasteiger partial charge in [0.15, 0.2) is 5.78 Å². The lowest BCUT2D eigenvalue weighted by Crippen LogP contribution is -2.27. The highest BCUT2D eigenvalue weighted by Crippen LogP contribution is 2.31. The van der Waals surface area contributed by atoms with Crippen LogP contribution >= 0.6 is 0 Å². The fraction of sp³-hybridized carbons (Fsp3) is 0.636. The Kier molecular flexibility index (Phi) is 9.57. The Morgan fingerprint density at radius 2 is 2.04 bits per heavy atom. The molecule has 4 heteroatoms. The molecule has 0 aliphatic heterocycles. The summed E-state index contributed by atoms with van der Waals surface area (Å²) in [5.74, 6) is -0.760. The predicted molar refractivity (Wildman–Crippen MR) is 105 cm³/mol. The molecule has 0 amide bonds. The summed E-state index contributed by atoms with van der Waals surface area (Å²) in [6.07, 6.45) is 16.1. The second-order valence-corrected chi connectivity index (χ2v) is 7.86. The van der Waals surface area contributed by atoms with E-state index in [0.717, 1.165) is 19.3 Å². The molecule has 1 aliphatic carbocycles. The van der Waals surface area contributed by atoms with Gasteiger partial charge in [-0.1, -0.05) is 64.0 Å². The zero-order chi connectivity index (χ0) is 19.6. The van der Waals surface area contributed by atoms with Gasteiger partial charge < -0.3 is 10.2 Å². The largest absolute Gasteiger partial charge is 0.481 e. The van der Waals surface area contributed by atoms with Crippen molar-refractivity contribution in [3.8, 4) is 0 Å². The summed E-state index contributed by atoms with van der Waals surface area (Å²) >= 11 is 0. The Bertz CT molecular complexity index is 542. The Morgan fingerprint density at radius 1 is 1.31 bits per heavy atom. The van der Waals surface area contributed by atoms with Gasteiger partial charge in [0, 0.05) is 18.3 Å². The van der Waals surface area contributed by atoms with Crippen molar-refractivity contribution in [1.82, 2.24) is 0 Å². The number of carbonyl (C=O) groups is 2. The average molecular weight is 363 g/mol. The van der Waals surface area contributed by atoms with Gasteiger partial charge in [0.25, 0.3) is 0 Å². The first kappa shape index (κ1) is 22.4. The molecule has 146 valence electrons. The molecule has 0 saturated carbocycles. The molecule has 0 saturated heterocycles. The van der Waals surface area contributed by atoms with E-state index in [4.69, 9.17) is 5.11 Å². The molecule has 1 rings (SSSR count). The Balaban J connectivity index is 2.54. The third kappa shape index (κ3) is 7.69. The van der Waals surface area contributed by atoms with Crippen LogP contribution in [0.3, 0.4) is 0 Å². The second kappa shape index (κ2) is 11.1. The van der Waals surface area contributed by atoms with Crippen LogP contribution in [0.1, 0.15) is 65.7 Å². The fourth-order valence-electron chi connectivity index (χ4n) is 3.13. The SMILES string of the molecule is CCCCC(C)(C)[C@H](O)/C=C/[C@H]1C=CC(=O)[C@H]1C/C=C\CCCC(=O)O. The first-order chi connectivity index (χ1) is 12.3. The summed E-state index contributed by atoms with van der Waals surface area (Å²) in [7, 11) is 0. The molecule has 0 aromatic rings. The van der Waals surface area contributed by atoms with E-state index in [1.54, 1.807) is 6.08 Å². The molecule has 3 atom stereocenters. The molecule has 0 bridgehead atoms. The summed E-state index contributed by atoms with van der Waals surface area (Å²) in [6, 6.07) is 0. The van der Waals surface area contributed by atoms with Gasteiger partial charge in [-0.25, -0.2) is 0 Å². The van der Waals surface area contributed by atoms with Crippen LogP contribution in [0.2, 0.25) is 0 Å². The van der Waals surface area contributed by atoms with Crippen LogP contribution in [-0.4, -0.2) is 28.1 Å². The molecular weight excluding hydrogens is 328 g/mol. The fourth-order valence-corrected chi connectivity index (χ4v) is 3.13. The van der Waals surface area contributed by atoms with Crippen LogP contribution in [0.5, 0.6) is 0 Å². The number of aliphatic hydroxyl groups is 1. The van der Waals surface area contributed by atoms with Crippen molar-refractivity contribution >= 4 is 11.8 Å². The molecule has 26 heavy (non-hydrogen) atoms. The van der Waals surface area contributed by atoms with Crippen molar-refractivity contribution in [1.29, 1.82) is 0 Å². The number of carboxylic acids is 1. The number of carboxylic acid groups (broad SMARTS) is 1. The van der Waals surface area contributed by atoms with E-state index < -0.39 is 12.1 Å². The maximum atomic E-state index is 12.1. The number of aliphatic hydroxyl groups excluding tert-OH is 1. The highest BCUT2D eigenvalue weighted by atomic mass is 16.4. The lowest BCUT2D eigenvalue weighted by Gasteiger charge is -2.28. The Labute approximate surface area is 157 Å². The molecule has 1 aliphatic rings. The van der Waals surface area contributed by atoms with Gasteiger partial charge in [0.1, 0.15) is 0 Å². The van der Waals surface area contributed by atoms with E-state index in [1.165, 1.54) is 0 Å². The van der Waals surface area contributed by atoms with Crippen molar-refractivity contribution in [3.63, 3.8) is 0 Å². The van der Waals surface area contributed by atoms with Gasteiger partial charge in [-0.15, -0.1) is 0 Å². The maximum Gasteiger partial charge on any atom is 0.303 e. The zero-order valence-electron chi connectivity index (χ0n) is 16.4. The van der Waals surface area contributed by atoms with Crippen LogP contribution in [0.15, 0.2) is 36.5 Å². The van der Waals surface area contributed by atoms with Gasteiger partial charge >= 0.3 is 5.97 Å². The van der Waals surface area contributed by atoms with Crippen molar-refractivity contribution in [2.24, 2.45) is 17.3 Å². The van der Waals surface area contributed by atoms with E-state index >= 15 is 0 Å². The van der Waals surface area contributed by atoms with Crippen molar-refractivity contribution in [2.75, 3.05) is 0 Å². The van der Waals surface area contributed by atoms with Gasteiger partial charge in [-0.2, -0.15) is 0 Å². The molecule has 0 radical (unpaired) electrons. The molecule has 4 nitrogen and oxygen atoms in total. The van der Waals surface area contributed by atoms with Crippen molar-refractivity contribution in [2.45, 2.75) is 71.8 Å². The van der Waals surface area contributed by atoms with Crippen molar-refractivity contribution in [3.05, 3.63) is 36.5 Å². The van der Waals surface area contributed by atoms with Crippen LogP contribution in [0, 0.1) is 17.3 Å². The number of allylic oxidation sites excluding steroid dienone is 5. The molecule has 0 aromatic carbocycles. The zero-order valence-corrected chi connectivity index (χ0v) is 16.4. The second-order valence-electron chi connectivity index (χ2n) is 7.86. The standard InChI is InChI=1S/C22H34O4/c1-4-5-16-22(2,3)20(24)15-13-17-12-14-19(23)18(17)10-8-6-7-9-11-21(25)26/h6,8,12-15,17-18,20,24H,4-5,7,9-11,16H2,1-3H3,(H,25,26)/b8-6-,15-13+/t17-,18+,20-/m1/s1. The molecule has 0 unspecified atom stereocenters. The summed E-state index contributed by atoms with van der Waals surface area (Å²) in [6.45, 7) is 6.29. The summed E-state index contributed by atoms with van der Waals surface area (Å²) in [5.41, 5.74) is -0.168. The molecule has 0 heterocycles. The molecular formula is C22H34O4. The minimum atomic E-state index is -0.779. The summed E-state index contributed by atoms with van der Waals surface area (Å²) in [4.78, 5) is 22.6. The highest BCUT2D eigenvalue weighted by Gasteiger charge is 2.29. The van der Waals surface area contributed by atoms with E-state index in [1.807, 2.05) is 30.4 Å². The van der Waals surface area contributed by atoms with Crippen LogP contribution in [0.25, 0.3) is 0 Å². The maximum absolute atomic E-state index is 12.1. The van der Waals surface area contributed by atoms with Gasteiger partial charge in [-0.05, 0) is 37.2 Å². The quantitative estimate of drug-likeness (QED) is 0.390. The summed E-state index contributed by atoms with van der Waals surface area (Å²) < 4.78 is 0. The van der Waals surface area contributed by atoms with Crippen molar-refractivity contribution < 1.29 is 19.8 Å². The predicted octanol–water partition coefficient (Wildman–Crippen LogP) is 4.69. The molecule has 2 N–H and O–H groups in total. The van der Waals surface area contributed by atoms with E-state index in [2.05, 4.69) is 20.8 Å². The van der Waals surface area contributed by atoms with Crippen LogP contribution in [0.4, 0.5) is 0 Å². The van der Waals surface area contributed by atoms with E-state index in [-0.39, 0.29) is 29.5 Å². The first-order valence-corrected chi connectivity index (χ1v) is 9.73. The van der Waals surface area contributed by atoms with Crippen LogP contribution < -0.4 is 0 Å². The number of hydrogen-bond donors (Lipinski definition) is 2. The molecule has 0 aromatic heterocycles. The minimum Gasteiger partial charge on any atom is -0.481 e. The Hall–Kier alpha value is -1.68. The van der Waals surface area contributed by atoms with E-state index in [0.29, 0.717) is 19.3 Å². The highest BCUT2D eigenvalue weighted by molar-refractivity contribution is 5.95. The average Bonchev–Trinajstić information content (AvgIpc) is 2.93. The third-order valence-electron chi connectivity index (χ3n) is 5.12. The van der Waals surface area contributed by atoms with Gasteiger partial charge in [0.2, 0.25) is 0 Å².